The fourth-order valence-electron chi connectivity index (χ4n) is 2.06. The first-order valence-electron chi connectivity index (χ1n) is 6.90. The number of nitrogens with two attached hydrogens (primary N) is 1. The lowest BCUT2D eigenvalue weighted by molar-refractivity contribution is -0.132. The molecule has 1 aromatic rings. The van der Waals surface area contributed by atoms with Crippen molar-refractivity contribution in [3.8, 4) is 5.75 Å². The molecule has 1 amide bonds. The van der Waals surface area contributed by atoms with Crippen LogP contribution in [0.1, 0.15) is 25.3 Å². The van der Waals surface area contributed by atoms with Gasteiger partial charge >= 0.3 is 0 Å². The number of benzene rings is 1. The van der Waals surface area contributed by atoms with Gasteiger partial charge in [0.2, 0.25) is 0 Å². The largest absolute Gasteiger partial charge is 0.484 e. The van der Waals surface area contributed by atoms with E-state index in [1.54, 1.807) is 4.90 Å². The zero-order valence-electron chi connectivity index (χ0n) is 11.9. The average Bonchev–Trinajstić information content (AvgIpc) is 3.22. The van der Waals surface area contributed by atoms with Crippen molar-refractivity contribution >= 4 is 21.8 Å². The van der Waals surface area contributed by atoms with Crippen molar-refractivity contribution in [1.29, 1.82) is 0 Å². The lowest BCUT2D eigenvalue weighted by Gasteiger charge is -2.17. The number of hydrogen-bond donors (Lipinski definition) is 1. The number of hydrogen-bond acceptors (Lipinski definition) is 3. The third-order valence-electron chi connectivity index (χ3n) is 3.41. The predicted molar refractivity (Wildman–Crippen MR) is 82.8 cm³/mol. The Kier molecular flexibility index (Phi) is 5.05. The fraction of sp³-hybridized carbons (Fsp3) is 0.533. The van der Waals surface area contributed by atoms with Crippen LogP contribution in [-0.2, 0) is 11.2 Å². The summed E-state index contributed by atoms with van der Waals surface area (Å²) in [6, 6.07) is 6.24. The minimum atomic E-state index is 0.0316. The maximum absolute atomic E-state index is 11.9. The Morgan fingerprint density at radius 1 is 1.55 bits per heavy atom. The smallest absolute Gasteiger partial charge is 0.260 e. The van der Waals surface area contributed by atoms with Gasteiger partial charge in [0.15, 0.2) is 6.61 Å². The first-order valence-corrected chi connectivity index (χ1v) is 7.69. The van der Waals surface area contributed by atoms with E-state index >= 15 is 0 Å². The molecule has 20 heavy (non-hydrogen) atoms. The van der Waals surface area contributed by atoms with Gasteiger partial charge in [0.25, 0.3) is 5.91 Å². The molecular weight excluding hydrogens is 320 g/mol. The van der Waals surface area contributed by atoms with Gasteiger partial charge in [-0.3, -0.25) is 4.79 Å². The fourth-order valence-corrected chi connectivity index (χ4v) is 2.47. The lowest BCUT2D eigenvalue weighted by atomic mass is 10.1. The second-order valence-corrected chi connectivity index (χ2v) is 6.31. The van der Waals surface area contributed by atoms with Crippen molar-refractivity contribution in [2.24, 2.45) is 5.73 Å². The molecule has 1 atom stereocenters. The average molecular weight is 341 g/mol. The first-order chi connectivity index (χ1) is 9.47. The third-order valence-corrected chi connectivity index (χ3v) is 4.18. The molecular formula is C15H21BrN2O2. The summed E-state index contributed by atoms with van der Waals surface area (Å²) in [7, 11) is 1.84. The van der Waals surface area contributed by atoms with E-state index in [2.05, 4.69) is 15.9 Å². The lowest BCUT2D eigenvalue weighted by Crippen LogP contribution is -2.33. The molecule has 0 heterocycles. The van der Waals surface area contributed by atoms with Gasteiger partial charge in [0, 0.05) is 23.6 Å². The molecule has 0 saturated heterocycles. The number of ether oxygens (including phenoxy) is 1. The first kappa shape index (κ1) is 15.3. The molecule has 0 aromatic heterocycles. The van der Waals surface area contributed by atoms with Crippen LogP contribution < -0.4 is 10.5 Å². The number of halogens is 1. The molecule has 0 bridgehead atoms. The van der Waals surface area contributed by atoms with E-state index in [4.69, 9.17) is 10.5 Å². The SMILES string of the molecule is CC(N)Cc1cc(OCC(=O)N(C)C2CC2)ccc1Br. The molecule has 1 aliphatic carbocycles. The Morgan fingerprint density at radius 3 is 2.85 bits per heavy atom. The van der Waals surface area contributed by atoms with Crippen LogP contribution in [0.25, 0.3) is 0 Å². The van der Waals surface area contributed by atoms with Gasteiger partial charge < -0.3 is 15.4 Å². The van der Waals surface area contributed by atoms with Gasteiger partial charge in [-0.15, -0.1) is 0 Å². The van der Waals surface area contributed by atoms with Crippen molar-refractivity contribution in [3.63, 3.8) is 0 Å². The Labute approximate surface area is 128 Å². The van der Waals surface area contributed by atoms with E-state index in [9.17, 15) is 4.79 Å². The quantitative estimate of drug-likeness (QED) is 0.864. The Hall–Kier alpha value is -1.07. The topological polar surface area (TPSA) is 55.6 Å². The Morgan fingerprint density at radius 2 is 2.25 bits per heavy atom. The minimum absolute atomic E-state index is 0.0316. The number of carbonyl (C=O) groups excluding carboxylic acids is 1. The summed E-state index contributed by atoms with van der Waals surface area (Å²) in [4.78, 5) is 13.7. The maximum atomic E-state index is 11.9. The number of amides is 1. The summed E-state index contributed by atoms with van der Waals surface area (Å²) in [5.41, 5.74) is 6.92. The van der Waals surface area contributed by atoms with E-state index in [1.165, 1.54) is 0 Å². The van der Waals surface area contributed by atoms with Gasteiger partial charge in [-0.25, -0.2) is 0 Å². The molecule has 110 valence electrons. The highest BCUT2D eigenvalue weighted by atomic mass is 79.9. The standard InChI is InChI=1S/C15H21BrN2O2/c1-10(17)7-11-8-13(5-6-14(11)16)20-9-15(19)18(2)12-3-4-12/h5-6,8,10,12H,3-4,7,9,17H2,1-2H3. The van der Waals surface area contributed by atoms with Crippen LogP contribution in [0.3, 0.4) is 0 Å². The Balaban J connectivity index is 1.93. The van der Waals surface area contributed by atoms with Crippen molar-refractivity contribution in [2.45, 2.75) is 38.3 Å². The van der Waals surface area contributed by atoms with E-state index < -0.39 is 0 Å². The molecule has 2 rings (SSSR count). The highest BCUT2D eigenvalue weighted by Crippen LogP contribution is 2.26. The molecule has 1 fully saturated rings. The summed E-state index contributed by atoms with van der Waals surface area (Å²) in [6.45, 7) is 2.06. The number of carbonyl (C=O) groups is 1. The third kappa shape index (κ3) is 4.21. The van der Waals surface area contributed by atoms with Crippen LogP contribution in [0.2, 0.25) is 0 Å². The second-order valence-electron chi connectivity index (χ2n) is 5.46. The van der Waals surface area contributed by atoms with E-state index in [0.29, 0.717) is 11.8 Å². The molecule has 0 spiro atoms. The summed E-state index contributed by atoms with van der Waals surface area (Å²) in [6.07, 6.45) is 2.99. The molecule has 5 heteroatoms. The summed E-state index contributed by atoms with van der Waals surface area (Å²) in [5, 5.41) is 0. The Bertz CT molecular complexity index is 487. The molecule has 0 radical (unpaired) electrons. The normalized spacial score (nSPS) is 15.8. The molecule has 0 aliphatic heterocycles. The van der Waals surface area contributed by atoms with Crippen LogP contribution >= 0.6 is 15.9 Å². The van der Waals surface area contributed by atoms with Gasteiger partial charge in [-0.05, 0) is 49.9 Å². The van der Waals surface area contributed by atoms with Crippen LogP contribution in [0.4, 0.5) is 0 Å². The number of rotatable bonds is 6. The summed E-state index contributed by atoms with van der Waals surface area (Å²) in [5.74, 6) is 0.741. The summed E-state index contributed by atoms with van der Waals surface area (Å²) < 4.78 is 6.61. The van der Waals surface area contributed by atoms with Crippen LogP contribution in [-0.4, -0.2) is 36.5 Å². The van der Waals surface area contributed by atoms with Crippen molar-refractivity contribution in [2.75, 3.05) is 13.7 Å². The molecule has 1 saturated carbocycles. The van der Waals surface area contributed by atoms with E-state index in [-0.39, 0.29) is 18.6 Å². The highest BCUT2D eigenvalue weighted by Gasteiger charge is 2.29. The van der Waals surface area contributed by atoms with Crippen molar-refractivity contribution in [3.05, 3.63) is 28.2 Å². The van der Waals surface area contributed by atoms with Crippen molar-refractivity contribution < 1.29 is 9.53 Å². The molecule has 1 aromatic carbocycles. The van der Waals surface area contributed by atoms with E-state index in [1.807, 2.05) is 32.2 Å². The molecule has 4 nitrogen and oxygen atoms in total. The molecule has 1 unspecified atom stereocenters. The zero-order chi connectivity index (χ0) is 14.7. The van der Waals surface area contributed by atoms with Crippen LogP contribution in [0.15, 0.2) is 22.7 Å². The van der Waals surface area contributed by atoms with Crippen LogP contribution in [0, 0.1) is 0 Å². The summed E-state index contributed by atoms with van der Waals surface area (Å²) >= 11 is 3.50. The minimum Gasteiger partial charge on any atom is -0.484 e. The number of nitrogens with zero attached hydrogens (tertiary/aromatic N) is 1. The molecule has 1 aliphatic rings. The van der Waals surface area contributed by atoms with Gasteiger partial charge in [0.1, 0.15) is 5.75 Å². The van der Waals surface area contributed by atoms with Gasteiger partial charge in [-0.1, -0.05) is 15.9 Å². The monoisotopic (exact) mass is 340 g/mol. The predicted octanol–water partition coefficient (Wildman–Crippen LogP) is 2.34. The number of likely N-dealkylation sites (N-methyl/N-ethyl adjacent to an activating group) is 1. The van der Waals surface area contributed by atoms with E-state index in [0.717, 1.165) is 29.3 Å². The zero-order valence-corrected chi connectivity index (χ0v) is 13.5. The van der Waals surface area contributed by atoms with Gasteiger partial charge in [0.05, 0.1) is 0 Å². The molecule has 2 N–H and O–H groups in total. The van der Waals surface area contributed by atoms with Crippen LogP contribution in [0.5, 0.6) is 5.75 Å². The maximum Gasteiger partial charge on any atom is 0.260 e. The van der Waals surface area contributed by atoms with Gasteiger partial charge in [-0.2, -0.15) is 0 Å². The van der Waals surface area contributed by atoms with Crippen molar-refractivity contribution in [1.82, 2.24) is 4.90 Å². The second kappa shape index (κ2) is 6.59. The highest BCUT2D eigenvalue weighted by molar-refractivity contribution is 9.10.